The zero-order valence-electron chi connectivity index (χ0n) is 7.99. The zero-order valence-corrected chi connectivity index (χ0v) is 7.99. The average molecular weight is 178 g/mol. The molecule has 1 aromatic carbocycles. The largest absolute Gasteiger partial charge is 0.349 e. The van der Waals surface area contributed by atoms with Crippen LogP contribution < -0.4 is 0 Å². The Morgan fingerprint density at radius 2 is 2.00 bits per heavy atom. The summed E-state index contributed by atoms with van der Waals surface area (Å²) in [5.74, 6) is 0. The number of fused-ring (bicyclic) bond motifs is 1. The maximum absolute atomic E-state index is 5.65. The Morgan fingerprint density at radius 1 is 1.31 bits per heavy atom. The monoisotopic (exact) mass is 178 g/mol. The molecule has 1 aliphatic rings. The molecule has 2 rings (SSSR count). The Labute approximate surface area is 78.5 Å². The van der Waals surface area contributed by atoms with Gasteiger partial charge in [0.1, 0.15) is 0 Å². The molecule has 0 aliphatic carbocycles. The second-order valence-corrected chi connectivity index (χ2v) is 3.19. The van der Waals surface area contributed by atoms with Gasteiger partial charge in [-0.3, -0.25) is 0 Å². The van der Waals surface area contributed by atoms with E-state index in [0.29, 0.717) is 6.61 Å². The van der Waals surface area contributed by atoms with Crippen LogP contribution in [0.1, 0.15) is 37.4 Å². The third-order valence-electron chi connectivity index (χ3n) is 2.33. The third kappa shape index (κ3) is 1.47. The third-order valence-corrected chi connectivity index (χ3v) is 2.33. The van der Waals surface area contributed by atoms with E-state index in [2.05, 4.69) is 19.1 Å². The summed E-state index contributed by atoms with van der Waals surface area (Å²) in [6.45, 7) is 4.72. The molecule has 70 valence electrons. The highest BCUT2D eigenvalue weighted by molar-refractivity contribution is 5.32. The first-order chi connectivity index (χ1) is 6.33. The molecule has 0 saturated carbocycles. The minimum Gasteiger partial charge on any atom is -0.349 e. The number of benzene rings is 1. The SMILES string of the molecule is CCOC1O[C@H](C)c2ccccc21. The predicted octanol–water partition coefficient (Wildman–Crippen LogP) is 2.81. The molecule has 1 aromatic rings. The van der Waals surface area contributed by atoms with Gasteiger partial charge in [0.2, 0.25) is 0 Å². The Balaban J connectivity index is 2.30. The molecule has 2 nitrogen and oxygen atoms in total. The minimum absolute atomic E-state index is 0.156. The van der Waals surface area contributed by atoms with E-state index in [0.717, 1.165) is 0 Å². The second-order valence-electron chi connectivity index (χ2n) is 3.19. The van der Waals surface area contributed by atoms with E-state index in [1.165, 1.54) is 11.1 Å². The van der Waals surface area contributed by atoms with Crippen molar-refractivity contribution >= 4 is 0 Å². The minimum atomic E-state index is -0.156. The van der Waals surface area contributed by atoms with Gasteiger partial charge in [0.15, 0.2) is 6.29 Å². The van der Waals surface area contributed by atoms with Crippen LogP contribution in [-0.4, -0.2) is 6.61 Å². The molecular formula is C11H14O2. The summed E-state index contributed by atoms with van der Waals surface area (Å²) >= 11 is 0. The van der Waals surface area contributed by atoms with E-state index in [4.69, 9.17) is 9.47 Å². The number of hydrogen-bond donors (Lipinski definition) is 0. The molecule has 13 heavy (non-hydrogen) atoms. The maximum atomic E-state index is 5.65. The first-order valence-electron chi connectivity index (χ1n) is 4.68. The fourth-order valence-corrected chi connectivity index (χ4v) is 1.71. The molecule has 0 radical (unpaired) electrons. The lowest BCUT2D eigenvalue weighted by Gasteiger charge is -2.11. The molecule has 0 N–H and O–H groups in total. The van der Waals surface area contributed by atoms with Gasteiger partial charge in [-0.2, -0.15) is 0 Å². The number of hydrogen-bond acceptors (Lipinski definition) is 2. The van der Waals surface area contributed by atoms with Crippen LogP contribution in [0, 0.1) is 0 Å². The van der Waals surface area contributed by atoms with Crippen molar-refractivity contribution in [3.8, 4) is 0 Å². The number of rotatable bonds is 2. The van der Waals surface area contributed by atoms with Gasteiger partial charge in [-0.15, -0.1) is 0 Å². The van der Waals surface area contributed by atoms with Crippen LogP contribution in [0.15, 0.2) is 24.3 Å². The van der Waals surface area contributed by atoms with Gasteiger partial charge in [-0.05, 0) is 19.4 Å². The highest BCUT2D eigenvalue weighted by Gasteiger charge is 2.28. The lowest BCUT2D eigenvalue weighted by atomic mass is 10.1. The Hall–Kier alpha value is -0.860. The summed E-state index contributed by atoms with van der Waals surface area (Å²) in [6.07, 6.45) is 0.00366. The standard InChI is InChI=1S/C11H14O2/c1-3-12-11-10-7-5-4-6-9(10)8(2)13-11/h4-8,11H,3H2,1-2H3/t8-,11?/m1/s1. The highest BCUT2D eigenvalue weighted by atomic mass is 16.7. The van der Waals surface area contributed by atoms with Crippen LogP contribution in [0.25, 0.3) is 0 Å². The molecule has 1 unspecified atom stereocenters. The van der Waals surface area contributed by atoms with Crippen LogP contribution in [0.5, 0.6) is 0 Å². The van der Waals surface area contributed by atoms with Gasteiger partial charge in [0.25, 0.3) is 0 Å². The molecule has 2 heteroatoms. The molecule has 1 heterocycles. The average Bonchev–Trinajstić information content (AvgIpc) is 2.46. The smallest absolute Gasteiger partial charge is 0.184 e. The van der Waals surface area contributed by atoms with E-state index in [-0.39, 0.29) is 12.4 Å². The highest BCUT2D eigenvalue weighted by Crippen LogP contribution is 2.38. The molecular weight excluding hydrogens is 164 g/mol. The molecule has 0 spiro atoms. The van der Waals surface area contributed by atoms with Gasteiger partial charge in [0, 0.05) is 12.2 Å². The molecule has 0 saturated heterocycles. The molecule has 0 aromatic heterocycles. The topological polar surface area (TPSA) is 18.5 Å². The first-order valence-corrected chi connectivity index (χ1v) is 4.68. The zero-order chi connectivity index (χ0) is 9.26. The Kier molecular flexibility index (Phi) is 2.34. The van der Waals surface area contributed by atoms with Crippen molar-refractivity contribution in [1.29, 1.82) is 0 Å². The van der Waals surface area contributed by atoms with Gasteiger partial charge >= 0.3 is 0 Å². The fourth-order valence-electron chi connectivity index (χ4n) is 1.71. The van der Waals surface area contributed by atoms with Crippen molar-refractivity contribution in [2.75, 3.05) is 6.61 Å². The maximum Gasteiger partial charge on any atom is 0.184 e. The fraction of sp³-hybridized carbons (Fsp3) is 0.455. The molecule has 0 bridgehead atoms. The molecule has 0 amide bonds. The number of ether oxygens (including phenoxy) is 2. The summed E-state index contributed by atoms with van der Waals surface area (Å²) in [5.41, 5.74) is 2.43. The van der Waals surface area contributed by atoms with Gasteiger partial charge in [-0.1, -0.05) is 24.3 Å². The predicted molar refractivity (Wildman–Crippen MR) is 50.3 cm³/mol. The summed E-state index contributed by atoms with van der Waals surface area (Å²) in [4.78, 5) is 0. The Bertz CT molecular complexity index is 296. The van der Waals surface area contributed by atoms with E-state index in [1.807, 2.05) is 19.1 Å². The van der Waals surface area contributed by atoms with E-state index in [1.54, 1.807) is 0 Å². The van der Waals surface area contributed by atoms with Crippen molar-refractivity contribution in [3.05, 3.63) is 35.4 Å². The molecule has 0 fully saturated rings. The van der Waals surface area contributed by atoms with E-state index in [9.17, 15) is 0 Å². The Morgan fingerprint density at radius 3 is 2.69 bits per heavy atom. The van der Waals surface area contributed by atoms with Crippen LogP contribution in [0.3, 0.4) is 0 Å². The van der Waals surface area contributed by atoms with Crippen LogP contribution in [0.4, 0.5) is 0 Å². The summed E-state index contributed by atoms with van der Waals surface area (Å²) in [6, 6.07) is 8.22. The van der Waals surface area contributed by atoms with Gasteiger partial charge in [-0.25, -0.2) is 0 Å². The lowest BCUT2D eigenvalue weighted by Crippen LogP contribution is -2.01. The van der Waals surface area contributed by atoms with Crippen molar-refractivity contribution in [3.63, 3.8) is 0 Å². The van der Waals surface area contributed by atoms with Gasteiger partial charge < -0.3 is 9.47 Å². The van der Waals surface area contributed by atoms with Crippen LogP contribution in [-0.2, 0) is 9.47 Å². The summed E-state index contributed by atoms with van der Waals surface area (Å²) < 4.78 is 11.1. The van der Waals surface area contributed by atoms with Crippen LogP contribution in [0.2, 0.25) is 0 Å². The lowest BCUT2D eigenvalue weighted by molar-refractivity contribution is -0.152. The van der Waals surface area contributed by atoms with Crippen molar-refractivity contribution in [2.45, 2.75) is 26.2 Å². The van der Waals surface area contributed by atoms with Crippen molar-refractivity contribution in [2.24, 2.45) is 0 Å². The van der Waals surface area contributed by atoms with E-state index >= 15 is 0 Å². The van der Waals surface area contributed by atoms with E-state index < -0.39 is 0 Å². The van der Waals surface area contributed by atoms with Gasteiger partial charge in [0.05, 0.1) is 6.10 Å². The summed E-state index contributed by atoms with van der Waals surface area (Å²) in [5, 5.41) is 0. The second kappa shape index (κ2) is 3.48. The summed E-state index contributed by atoms with van der Waals surface area (Å²) in [7, 11) is 0. The molecule has 2 atom stereocenters. The van der Waals surface area contributed by atoms with Crippen molar-refractivity contribution < 1.29 is 9.47 Å². The molecule has 1 aliphatic heterocycles. The van der Waals surface area contributed by atoms with Crippen LogP contribution >= 0.6 is 0 Å². The normalized spacial score (nSPS) is 26.0. The van der Waals surface area contributed by atoms with Crippen molar-refractivity contribution in [1.82, 2.24) is 0 Å². The first kappa shape index (κ1) is 8.73. The quantitative estimate of drug-likeness (QED) is 0.693.